The van der Waals surface area contributed by atoms with Crippen LogP contribution in [0, 0.1) is 6.92 Å². The van der Waals surface area contributed by atoms with Gasteiger partial charge < -0.3 is 4.18 Å². The minimum Gasteiger partial charge on any atom is -0.379 e. The Morgan fingerprint density at radius 3 is 1.87 bits per heavy atom. The third-order valence-corrected chi connectivity index (χ3v) is 6.03. The lowest BCUT2D eigenvalue weighted by molar-refractivity contribution is 0.486. The second kappa shape index (κ2) is 9.06. The molecule has 0 bridgehead atoms. The molecule has 0 saturated carbocycles. The number of rotatable bonds is 4. The third-order valence-electron chi connectivity index (χ3n) is 3.75. The van der Waals surface area contributed by atoms with E-state index in [1.807, 2.05) is 6.92 Å². The molecule has 0 spiro atoms. The molecule has 0 N–H and O–H groups in total. The number of aryl methyl sites for hydroxylation is 1. The van der Waals surface area contributed by atoms with Gasteiger partial charge in [-0.1, -0.05) is 99.4 Å². The van der Waals surface area contributed by atoms with Gasteiger partial charge in [0.25, 0.3) is 0 Å². The van der Waals surface area contributed by atoms with Crippen molar-refractivity contribution < 1.29 is 12.6 Å². The van der Waals surface area contributed by atoms with Gasteiger partial charge in [0.05, 0.1) is 0 Å². The Bertz CT molecular complexity index is 1180. The van der Waals surface area contributed by atoms with Gasteiger partial charge in [-0.2, -0.15) is 8.42 Å². The van der Waals surface area contributed by atoms with Crippen LogP contribution in [0.4, 0.5) is 0 Å². The minimum atomic E-state index is -4.07. The van der Waals surface area contributed by atoms with Crippen molar-refractivity contribution in [2.45, 2.75) is 19.4 Å². The van der Waals surface area contributed by atoms with Crippen LogP contribution in [-0.2, 0) is 17.7 Å². The van der Waals surface area contributed by atoms with Gasteiger partial charge in [0.1, 0.15) is 10.6 Å². The van der Waals surface area contributed by atoms with Gasteiger partial charge in [-0.05, 0) is 31.2 Å². The monoisotopic (exact) mass is 559 g/mol. The van der Waals surface area contributed by atoms with Crippen LogP contribution in [-0.4, -0.2) is 23.4 Å². The Labute approximate surface area is 208 Å². The van der Waals surface area contributed by atoms with E-state index < -0.39 is 17.7 Å². The predicted octanol–water partition coefficient (Wildman–Crippen LogP) is 6.27. The Kier molecular flexibility index (Phi) is 7.18. The van der Waals surface area contributed by atoms with Crippen molar-refractivity contribution in [1.29, 1.82) is 0 Å². The molecule has 2 aromatic carbocycles. The highest BCUT2D eigenvalue weighted by Crippen LogP contribution is 2.41. The SMILES string of the molecule is Cc1ccc(S(=O)(=O)Oc2cccc(-c3nc(C(Cl)(Cl)Cl)nc(C(Cl)(Cl)Cl)n3)c2)cc1. The molecule has 0 atom stereocenters. The fourth-order valence-electron chi connectivity index (χ4n) is 2.33. The first-order valence-corrected chi connectivity index (χ1v) is 12.0. The largest absolute Gasteiger partial charge is 0.379 e. The molecular formula is C18H11Cl6N3O3S. The third kappa shape index (κ3) is 6.26. The number of alkyl halides is 6. The maximum atomic E-state index is 12.6. The molecule has 0 aliphatic heterocycles. The molecule has 0 fully saturated rings. The number of hydrogen-bond acceptors (Lipinski definition) is 6. The molecule has 0 amide bonds. The van der Waals surface area contributed by atoms with E-state index in [2.05, 4.69) is 15.0 Å². The molecule has 1 aromatic heterocycles. The smallest absolute Gasteiger partial charge is 0.339 e. The number of halogens is 6. The summed E-state index contributed by atoms with van der Waals surface area (Å²) in [6.07, 6.45) is 0. The zero-order chi connectivity index (χ0) is 23.0. The molecule has 0 unspecified atom stereocenters. The topological polar surface area (TPSA) is 82.0 Å². The Hall–Kier alpha value is -1.06. The fraction of sp³-hybridized carbons (Fsp3) is 0.167. The van der Waals surface area contributed by atoms with Crippen LogP contribution < -0.4 is 4.18 Å². The molecule has 3 rings (SSSR count). The molecule has 1 heterocycles. The van der Waals surface area contributed by atoms with Crippen molar-refractivity contribution in [2.24, 2.45) is 0 Å². The quantitative estimate of drug-likeness (QED) is 0.276. The van der Waals surface area contributed by atoms with Crippen molar-refractivity contribution in [2.75, 3.05) is 0 Å². The van der Waals surface area contributed by atoms with Crippen molar-refractivity contribution >= 4 is 79.7 Å². The lowest BCUT2D eigenvalue weighted by Crippen LogP contribution is -2.16. The zero-order valence-electron chi connectivity index (χ0n) is 15.4. The summed E-state index contributed by atoms with van der Waals surface area (Å²) in [4.78, 5) is 12.1. The Morgan fingerprint density at radius 2 is 1.35 bits per heavy atom. The highest BCUT2D eigenvalue weighted by molar-refractivity contribution is 7.87. The first kappa shape index (κ1) is 24.6. The maximum absolute atomic E-state index is 12.6. The van der Waals surface area contributed by atoms with Crippen LogP contribution in [0.25, 0.3) is 11.4 Å². The van der Waals surface area contributed by atoms with E-state index in [4.69, 9.17) is 73.8 Å². The fourth-order valence-corrected chi connectivity index (χ4v) is 3.76. The van der Waals surface area contributed by atoms with E-state index in [0.717, 1.165) is 5.56 Å². The number of benzene rings is 2. The van der Waals surface area contributed by atoms with Gasteiger partial charge in [-0.3, -0.25) is 0 Å². The van der Waals surface area contributed by atoms with Crippen LogP contribution in [0.15, 0.2) is 53.4 Å². The molecule has 3 aromatic rings. The highest BCUT2D eigenvalue weighted by atomic mass is 35.6. The van der Waals surface area contributed by atoms with Gasteiger partial charge in [0.2, 0.25) is 7.59 Å². The second-order valence-electron chi connectivity index (χ2n) is 6.18. The van der Waals surface area contributed by atoms with Crippen LogP contribution in [0.3, 0.4) is 0 Å². The number of hydrogen-bond donors (Lipinski definition) is 0. The van der Waals surface area contributed by atoms with Gasteiger partial charge in [0.15, 0.2) is 17.5 Å². The van der Waals surface area contributed by atoms with Gasteiger partial charge in [0, 0.05) is 5.56 Å². The van der Waals surface area contributed by atoms with Crippen LogP contribution in [0.1, 0.15) is 17.2 Å². The Morgan fingerprint density at radius 1 is 0.806 bits per heavy atom. The summed E-state index contributed by atoms with van der Waals surface area (Å²) in [5.74, 6) is -0.565. The molecule has 0 aliphatic carbocycles. The van der Waals surface area contributed by atoms with Crippen molar-refractivity contribution in [3.8, 4) is 17.1 Å². The molecule has 13 heteroatoms. The van der Waals surface area contributed by atoms with E-state index in [9.17, 15) is 8.42 Å². The molecule has 31 heavy (non-hydrogen) atoms. The molecule has 0 saturated heterocycles. The van der Waals surface area contributed by atoms with Crippen LogP contribution >= 0.6 is 69.6 Å². The first-order chi connectivity index (χ1) is 14.3. The summed E-state index contributed by atoms with van der Waals surface area (Å²) < 4.78 is 26.3. The first-order valence-electron chi connectivity index (χ1n) is 8.28. The summed E-state index contributed by atoms with van der Waals surface area (Å²) >= 11 is 35.3. The maximum Gasteiger partial charge on any atom is 0.339 e. The molecule has 164 valence electrons. The summed E-state index contributed by atoms with van der Waals surface area (Å²) in [5.41, 5.74) is 1.22. The normalized spacial score (nSPS) is 12.6. The summed E-state index contributed by atoms with van der Waals surface area (Å²) in [6, 6.07) is 12.1. The average molecular weight is 562 g/mol. The van der Waals surface area contributed by atoms with Crippen LogP contribution in [0.5, 0.6) is 5.75 Å². The number of aromatic nitrogens is 3. The van der Waals surface area contributed by atoms with Gasteiger partial charge in [-0.25, -0.2) is 15.0 Å². The molecular weight excluding hydrogens is 551 g/mol. The predicted molar refractivity (Wildman–Crippen MR) is 123 cm³/mol. The van der Waals surface area contributed by atoms with Gasteiger partial charge >= 0.3 is 10.1 Å². The lowest BCUT2D eigenvalue weighted by atomic mass is 10.2. The van der Waals surface area contributed by atoms with Crippen molar-refractivity contribution in [3.63, 3.8) is 0 Å². The molecule has 6 nitrogen and oxygen atoms in total. The van der Waals surface area contributed by atoms with E-state index >= 15 is 0 Å². The molecule has 0 aliphatic rings. The standard InChI is InChI=1S/C18H11Cl6N3O3S/c1-10-5-7-13(8-6-10)31(28,29)30-12-4-2-3-11(9-12)14-25-15(17(19,20)21)27-16(26-14)18(22,23)24/h2-9H,1H3. The molecule has 0 radical (unpaired) electrons. The van der Waals surface area contributed by atoms with E-state index in [0.29, 0.717) is 5.56 Å². The Balaban J connectivity index is 2.02. The van der Waals surface area contributed by atoms with Crippen molar-refractivity contribution in [1.82, 2.24) is 15.0 Å². The highest BCUT2D eigenvalue weighted by Gasteiger charge is 2.34. The van der Waals surface area contributed by atoms with Crippen LogP contribution in [0.2, 0.25) is 0 Å². The number of nitrogens with zero attached hydrogens (tertiary/aromatic N) is 3. The van der Waals surface area contributed by atoms with E-state index in [1.54, 1.807) is 18.2 Å². The van der Waals surface area contributed by atoms with Gasteiger partial charge in [-0.15, -0.1) is 0 Å². The van der Waals surface area contributed by atoms with E-state index in [1.165, 1.54) is 30.3 Å². The zero-order valence-corrected chi connectivity index (χ0v) is 20.7. The minimum absolute atomic E-state index is 0.000596. The summed E-state index contributed by atoms with van der Waals surface area (Å²) in [7, 11) is -4.07. The average Bonchev–Trinajstić information content (AvgIpc) is 2.66. The summed E-state index contributed by atoms with van der Waals surface area (Å²) in [5, 5.41) is 0. The van der Waals surface area contributed by atoms with Crippen molar-refractivity contribution in [3.05, 3.63) is 65.7 Å². The summed E-state index contributed by atoms with van der Waals surface area (Å²) in [6.45, 7) is 1.84. The lowest BCUT2D eigenvalue weighted by Gasteiger charge is -2.16. The second-order valence-corrected chi connectivity index (χ2v) is 12.3. The van der Waals surface area contributed by atoms with E-state index in [-0.39, 0.29) is 28.1 Å².